The van der Waals surface area contributed by atoms with Gasteiger partial charge < -0.3 is 11.1 Å². The molecule has 0 aliphatic rings. The van der Waals surface area contributed by atoms with E-state index in [0.717, 1.165) is 27.6 Å². The number of rotatable bonds is 8. The fourth-order valence-corrected chi connectivity index (χ4v) is 3.37. The van der Waals surface area contributed by atoms with Crippen LogP contribution < -0.4 is 11.1 Å². The minimum absolute atomic E-state index is 0.802. The molecule has 1 aromatic heterocycles. The molecular formula is C14H21N3S2. The van der Waals surface area contributed by atoms with Crippen molar-refractivity contribution in [2.24, 2.45) is 0 Å². The summed E-state index contributed by atoms with van der Waals surface area (Å²) < 4.78 is 1.16. The lowest BCUT2D eigenvalue weighted by atomic mass is 10.2. The zero-order chi connectivity index (χ0) is 13.5. The summed E-state index contributed by atoms with van der Waals surface area (Å²) in [6, 6.07) is 5.87. The molecule has 0 bridgehead atoms. The van der Waals surface area contributed by atoms with E-state index in [2.05, 4.69) is 16.6 Å². The molecule has 0 radical (unpaired) electrons. The van der Waals surface area contributed by atoms with Crippen LogP contribution in [0.3, 0.4) is 0 Å². The summed E-state index contributed by atoms with van der Waals surface area (Å²) in [5.41, 5.74) is 7.60. The molecule has 0 aliphatic carbocycles. The molecule has 3 nitrogen and oxygen atoms in total. The van der Waals surface area contributed by atoms with E-state index in [1.807, 2.05) is 30.0 Å². The van der Waals surface area contributed by atoms with E-state index < -0.39 is 0 Å². The van der Waals surface area contributed by atoms with Gasteiger partial charge in [-0.05, 0) is 43.0 Å². The van der Waals surface area contributed by atoms with E-state index in [1.165, 1.54) is 31.4 Å². The van der Waals surface area contributed by atoms with Crippen LogP contribution >= 0.6 is 23.1 Å². The van der Waals surface area contributed by atoms with Gasteiger partial charge in [0.15, 0.2) is 5.13 Å². The number of nitrogens with zero attached hydrogens (tertiary/aromatic N) is 1. The maximum absolute atomic E-state index is 5.77. The number of thioether (sulfide) groups is 1. The fourth-order valence-electron chi connectivity index (χ4n) is 1.94. The second-order valence-corrected chi connectivity index (χ2v) is 6.60. The average Bonchev–Trinajstić information content (AvgIpc) is 2.79. The molecule has 0 amide bonds. The van der Waals surface area contributed by atoms with Crippen LogP contribution in [0.5, 0.6) is 0 Å². The van der Waals surface area contributed by atoms with Crippen molar-refractivity contribution >= 4 is 44.1 Å². The van der Waals surface area contributed by atoms with Gasteiger partial charge in [-0.25, -0.2) is 4.98 Å². The first kappa shape index (κ1) is 14.5. The number of unbranched alkanes of at least 4 members (excludes halogenated alkanes) is 3. The van der Waals surface area contributed by atoms with E-state index >= 15 is 0 Å². The fraction of sp³-hybridized carbons (Fsp3) is 0.500. The van der Waals surface area contributed by atoms with Crippen molar-refractivity contribution in [2.45, 2.75) is 25.7 Å². The third kappa shape index (κ3) is 4.58. The van der Waals surface area contributed by atoms with Gasteiger partial charge in [0.1, 0.15) is 0 Å². The van der Waals surface area contributed by atoms with E-state index in [0.29, 0.717) is 0 Å². The molecule has 1 heterocycles. The number of hydrogen-bond acceptors (Lipinski definition) is 5. The van der Waals surface area contributed by atoms with E-state index in [-0.39, 0.29) is 0 Å². The summed E-state index contributed by atoms with van der Waals surface area (Å²) in [5, 5.41) is 4.41. The lowest BCUT2D eigenvalue weighted by Gasteiger charge is -2.02. The van der Waals surface area contributed by atoms with Gasteiger partial charge in [0.05, 0.1) is 10.2 Å². The Labute approximate surface area is 123 Å². The van der Waals surface area contributed by atoms with Gasteiger partial charge >= 0.3 is 0 Å². The number of anilines is 2. The average molecular weight is 295 g/mol. The van der Waals surface area contributed by atoms with Crippen LogP contribution in [0.4, 0.5) is 10.8 Å². The highest BCUT2D eigenvalue weighted by atomic mass is 32.2. The van der Waals surface area contributed by atoms with Gasteiger partial charge in [0.2, 0.25) is 0 Å². The number of benzene rings is 1. The Morgan fingerprint density at radius 2 is 2.11 bits per heavy atom. The number of nitrogens with two attached hydrogens (primary N) is 1. The number of nitrogens with one attached hydrogen (secondary N) is 1. The second-order valence-electron chi connectivity index (χ2n) is 4.58. The number of hydrogen-bond donors (Lipinski definition) is 2. The molecule has 0 saturated carbocycles. The normalized spacial score (nSPS) is 11.0. The maximum atomic E-state index is 5.77. The SMILES string of the molecule is CSCCCCCCNc1nc2ccc(N)cc2s1. The quantitative estimate of drug-likeness (QED) is 0.565. The van der Waals surface area contributed by atoms with Gasteiger partial charge in [-0.3, -0.25) is 0 Å². The molecule has 0 atom stereocenters. The topological polar surface area (TPSA) is 50.9 Å². The Balaban J connectivity index is 1.72. The summed E-state index contributed by atoms with van der Waals surface area (Å²) in [7, 11) is 0. The molecule has 104 valence electrons. The summed E-state index contributed by atoms with van der Waals surface area (Å²) in [5.74, 6) is 1.28. The lowest BCUT2D eigenvalue weighted by molar-refractivity contribution is 0.689. The zero-order valence-electron chi connectivity index (χ0n) is 11.3. The molecule has 2 rings (SSSR count). The van der Waals surface area contributed by atoms with Gasteiger partial charge in [-0.15, -0.1) is 0 Å². The van der Waals surface area contributed by atoms with Crippen LogP contribution in [-0.2, 0) is 0 Å². The molecule has 0 aliphatic heterocycles. The first-order valence-electron chi connectivity index (χ1n) is 6.68. The molecule has 0 spiro atoms. The van der Waals surface area contributed by atoms with Crippen molar-refractivity contribution in [3.8, 4) is 0 Å². The smallest absolute Gasteiger partial charge is 0.183 e. The Hall–Kier alpha value is -0.940. The summed E-state index contributed by atoms with van der Waals surface area (Å²) in [6.45, 7) is 1.01. The van der Waals surface area contributed by atoms with Crippen LogP contribution in [0.1, 0.15) is 25.7 Å². The zero-order valence-corrected chi connectivity index (χ0v) is 12.9. The summed E-state index contributed by atoms with van der Waals surface area (Å²) >= 11 is 3.61. The molecule has 0 unspecified atom stereocenters. The van der Waals surface area contributed by atoms with Crippen LogP contribution in [0.25, 0.3) is 10.2 Å². The van der Waals surface area contributed by atoms with E-state index in [4.69, 9.17) is 5.73 Å². The molecule has 19 heavy (non-hydrogen) atoms. The van der Waals surface area contributed by atoms with Crippen LogP contribution in [0.2, 0.25) is 0 Å². The Kier molecular flexibility index (Phi) is 5.79. The Morgan fingerprint density at radius 3 is 2.95 bits per heavy atom. The van der Waals surface area contributed by atoms with Crippen molar-refractivity contribution in [1.82, 2.24) is 4.98 Å². The summed E-state index contributed by atoms with van der Waals surface area (Å²) in [6.07, 6.45) is 7.35. The van der Waals surface area contributed by atoms with Crippen molar-refractivity contribution < 1.29 is 0 Å². The monoisotopic (exact) mass is 295 g/mol. The van der Waals surface area contributed by atoms with E-state index in [9.17, 15) is 0 Å². The lowest BCUT2D eigenvalue weighted by Crippen LogP contribution is -2.00. The van der Waals surface area contributed by atoms with E-state index in [1.54, 1.807) is 11.3 Å². The maximum Gasteiger partial charge on any atom is 0.183 e. The Morgan fingerprint density at radius 1 is 1.26 bits per heavy atom. The highest BCUT2D eigenvalue weighted by molar-refractivity contribution is 7.98. The highest BCUT2D eigenvalue weighted by Gasteiger charge is 2.03. The van der Waals surface area contributed by atoms with Gasteiger partial charge in [0, 0.05) is 12.2 Å². The molecule has 3 N–H and O–H groups in total. The second kappa shape index (κ2) is 7.60. The van der Waals surface area contributed by atoms with Crippen molar-refractivity contribution in [3.05, 3.63) is 18.2 Å². The molecule has 0 fully saturated rings. The van der Waals surface area contributed by atoms with Gasteiger partial charge in [-0.1, -0.05) is 24.2 Å². The number of thiazole rings is 1. The number of aromatic nitrogens is 1. The third-order valence-corrected chi connectivity index (χ3v) is 4.64. The minimum Gasteiger partial charge on any atom is -0.399 e. The highest BCUT2D eigenvalue weighted by Crippen LogP contribution is 2.27. The largest absolute Gasteiger partial charge is 0.399 e. The molecular weight excluding hydrogens is 274 g/mol. The van der Waals surface area contributed by atoms with Gasteiger partial charge in [0.25, 0.3) is 0 Å². The molecule has 2 aromatic rings. The number of nitrogen functional groups attached to an aromatic ring is 1. The first-order valence-corrected chi connectivity index (χ1v) is 8.89. The minimum atomic E-state index is 0.802. The van der Waals surface area contributed by atoms with Crippen LogP contribution in [0.15, 0.2) is 18.2 Å². The van der Waals surface area contributed by atoms with Crippen molar-refractivity contribution in [1.29, 1.82) is 0 Å². The first-order chi connectivity index (χ1) is 9.29. The number of fused-ring (bicyclic) bond motifs is 1. The van der Waals surface area contributed by atoms with Crippen molar-refractivity contribution in [3.63, 3.8) is 0 Å². The molecule has 5 heteroatoms. The predicted octanol–water partition coefficient (Wildman–Crippen LogP) is 4.21. The van der Waals surface area contributed by atoms with Crippen LogP contribution in [0, 0.1) is 0 Å². The summed E-state index contributed by atoms with van der Waals surface area (Å²) in [4.78, 5) is 4.55. The third-order valence-electron chi connectivity index (χ3n) is 2.96. The standard InChI is InChI=1S/C14H21N3S2/c1-18-9-5-3-2-4-8-16-14-17-12-7-6-11(15)10-13(12)19-14/h6-7,10H,2-5,8-9,15H2,1H3,(H,16,17). The predicted molar refractivity (Wildman–Crippen MR) is 89.4 cm³/mol. The van der Waals surface area contributed by atoms with Crippen molar-refractivity contribution in [2.75, 3.05) is 29.6 Å². The van der Waals surface area contributed by atoms with Crippen LogP contribution in [-0.4, -0.2) is 23.5 Å². The molecule has 1 aromatic carbocycles. The Bertz CT molecular complexity index is 510. The van der Waals surface area contributed by atoms with Gasteiger partial charge in [-0.2, -0.15) is 11.8 Å². The molecule has 0 saturated heterocycles.